The van der Waals surface area contributed by atoms with Crippen molar-refractivity contribution < 1.29 is 13.2 Å². The fourth-order valence-corrected chi connectivity index (χ4v) is 6.87. The van der Waals surface area contributed by atoms with E-state index in [0.29, 0.717) is 35.8 Å². The van der Waals surface area contributed by atoms with Gasteiger partial charge in [-0.2, -0.15) is 0 Å². The van der Waals surface area contributed by atoms with Crippen LogP contribution in [0.3, 0.4) is 0 Å². The third-order valence-electron chi connectivity index (χ3n) is 7.24. The lowest BCUT2D eigenvalue weighted by atomic mass is 9.83. The van der Waals surface area contributed by atoms with Gasteiger partial charge in [-0.1, -0.05) is 6.07 Å². The second-order valence-corrected chi connectivity index (χ2v) is 11.9. The summed E-state index contributed by atoms with van der Waals surface area (Å²) < 4.78 is 36.0. The zero-order chi connectivity index (χ0) is 22.9. The standard InChI is InChI=1S/C23H30BrN5O3S/c24-19-15-20(33(30,31)27-17-23(6-7-23)18-4-13-32-14-5-18)22(26-16-19)29-11-9-28(10-12-29)21-3-1-2-8-25-21/h1-3,8,15-16,18,27H,4-7,9-14,17H2. The Hall–Kier alpha value is -1.75. The van der Waals surface area contributed by atoms with E-state index in [-0.39, 0.29) is 10.3 Å². The van der Waals surface area contributed by atoms with Gasteiger partial charge < -0.3 is 14.5 Å². The topological polar surface area (TPSA) is 87.7 Å². The van der Waals surface area contributed by atoms with Crippen molar-refractivity contribution in [1.29, 1.82) is 0 Å². The molecule has 4 heterocycles. The van der Waals surface area contributed by atoms with Gasteiger partial charge in [-0.3, -0.25) is 0 Å². The summed E-state index contributed by atoms with van der Waals surface area (Å²) in [6, 6.07) is 7.56. The van der Waals surface area contributed by atoms with E-state index in [1.165, 1.54) is 0 Å². The molecule has 2 aromatic heterocycles. The molecule has 1 N–H and O–H groups in total. The highest BCUT2D eigenvalue weighted by molar-refractivity contribution is 9.10. The summed E-state index contributed by atoms with van der Waals surface area (Å²) in [5.41, 5.74) is 0.0881. The number of anilines is 2. The number of piperazine rings is 1. The minimum Gasteiger partial charge on any atom is -0.381 e. The molecular formula is C23H30BrN5O3S. The first-order chi connectivity index (χ1) is 16.0. The number of aromatic nitrogens is 2. The lowest BCUT2D eigenvalue weighted by Gasteiger charge is -2.36. The van der Waals surface area contributed by atoms with Crippen LogP contribution >= 0.6 is 15.9 Å². The van der Waals surface area contributed by atoms with Crippen molar-refractivity contribution >= 4 is 37.6 Å². The molecule has 3 fully saturated rings. The maximum absolute atomic E-state index is 13.4. The van der Waals surface area contributed by atoms with Crippen LogP contribution in [0.25, 0.3) is 0 Å². The van der Waals surface area contributed by atoms with Gasteiger partial charge in [-0.15, -0.1) is 0 Å². The summed E-state index contributed by atoms with van der Waals surface area (Å²) >= 11 is 3.41. The van der Waals surface area contributed by atoms with Crippen molar-refractivity contribution in [1.82, 2.24) is 14.7 Å². The van der Waals surface area contributed by atoms with Crippen LogP contribution in [0, 0.1) is 11.3 Å². The van der Waals surface area contributed by atoms with Crippen LogP contribution < -0.4 is 14.5 Å². The van der Waals surface area contributed by atoms with Crippen LogP contribution in [0.1, 0.15) is 25.7 Å². The van der Waals surface area contributed by atoms with Gasteiger partial charge in [-0.25, -0.2) is 23.1 Å². The lowest BCUT2D eigenvalue weighted by molar-refractivity contribution is 0.0418. The molecule has 3 aliphatic rings. The predicted molar refractivity (Wildman–Crippen MR) is 131 cm³/mol. The van der Waals surface area contributed by atoms with Gasteiger partial charge in [0.05, 0.1) is 0 Å². The highest BCUT2D eigenvalue weighted by atomic mass is 79.9. The zero-order valence-corrected chi connectivity index (χ0v) is 21.0. The molecule has 0 radical (unpaired) electrons. The van der Waals surface area contributed by atoms with Crippen LogP contribution in [-0.2, 0) is 14.8 Å². The first kappa shape index (κ1) is 23.0. The average Bonchev–Trinajstić information content (AvgIpc) is 3.66. The number of hydrogen-bond acceptors (Lipinski definition) is 7. The summed E-state index contributed by atoms with van der Waals surface area (Å²) in [5, 5.41) is 0. The monoisotopic (exact) mass is 535 g/mol. The van der Waals surface area contributed by atoms with Crippen molar-refractivity contribution in [2.24, 2.45) is 11.3 Å². The molecule has 33 heavy (non-hydrogen) atoms. The van der Waals surface area contributed by atoms with E-state index in [1.54, 1.807) is 18.5 Å². The fraction of sp³-hybridized carbons (Fsp3) is 0.565. The first-order valence-electron chi connectivity index (χ1n) is 11.6. The van der Waals surface area contributed by atoms with Crippen LogP contribution in [0.15, 0.2) is 46.0 Å². The Balaban J connectivity index is 1.30. The van der Waals surface area contributed by atoms with Crippen LogP contribution in [0.4, 0.5) is 11.6 Å². The summed E-state index contributed by atoms with van der Waals surface area (Å²) in [7, 11) is -3.70. The second kappa shape index (κ2) is 9.48. The van der Waals surface area contributed by atoms with Gasteiger partial charge in [0.2, 0.25) is 10.0 Å². The van der Waals surface area contributed by atoms with E-state index in [0.717, 1.165) is 57.8 Å². The van der Waals surface area contributed by atoms with Crippen molar-refractivity contribution in [3.63, 3.8) is 0 Å². The van der Waals surface area contributed by atoms with Gasteiger partial charge in [0.15, 0.2) is 0 Å². The maximum Gasteiger partial charge on any atom is 0.244 e. The van der Waals surface area contributed by atoms with Gasteiger partial charge in [0.1, 0.15) is 16.5 Å². The van der Waals surface area contributed by atoms with E-state index in [1.807, 2.05) is 18.2 Å². The minimum atomic E-state index is -3.70. The van der Waals surface area contributed by atoms with Crippen molar-refractivity contribution in [2.75, 3.05) is 55.7 Å². The van der Waals surface area contributed by atoms with Gasteiger partial charge >= 0.3 is 0 Å². The number of nitrogens with one attached hydrogen (secondary N) is 1. The smallest absolute Gasteiger partial charge is 0.244 e. The summed E-state index contributed by atoms with van der Waals surface area (Å²) in [4.78, 5) is 13.5. The molecule has 0 amide bonds. The molecule has 2 aromatic rings. The Morgan fingerprint density at radius 2 is 1.82 bits per heavy atom. The first-order valence-corrected chi connectivity index (χ1v) is 13.9. The quantitative estimate of drug-likeness (QED) is 0.582. The predicted octanol–water partition coefficient (Wildman–Crippen LogP) is 3.05. The number of rotatable bonds is 7. The van der Waals surface area contributed by atoms with E-state index in [4.69, 9.17) is 4.74 Å². The summed E-state index contributed by atoms with van der Waals surface area (Å²) in [6.45, 7) is 4.93. The van der Waals surface area contributed by atoms with Crippen molar-refractivity contribution in [3.05, 3.63) is 41.1 Å². The SMILES string of the molecule is O=S(=O)(NCC1(C2CCOCC2)CC1)c1cc(Br)cnc1N1CCN(c2ccccn2)CC1. The van der Waals surface area contributed by atoms with Gasteiger partial charge in [0, 0.05) is 62.8 Å². The molecule has 1 aliphatic carbocycles. The molecule has 0 bridgehead atoms. The molecule has 0 atom stereocenters. The van der Waals surface area contributed by atoms with E-state index in [2.05, 4.69) is 40.4 Å². The third-order valence-corrected chi connectivity index (χ3v) is 9.07. The number of nitrogens with zero attached hydrogens (tertiary/aromatic N) is 4. The number of sulfonamides is 1. The molecular weight excluding hydrogens is 506 g/mol. The largest absolute Gasteiger partial charge is 0.381 e. The highest BCUT2D eigenvalue weighted by Crippen LogP contribution is 2.54. The second-order valence-electron chi connectivity index (χ2n) is 9.21. The average molecular weight is 536 g/mol. The normalized spacial score (nSPS) is 21.2. The molecule has 0 aromatic carbocycles. The Bertz CT molecular complexity index is 1070. The third kappa shape index (κ3) is 5.03. The van der Waals surface area contributed by atoms with Crippen molar-refractivity contribution in [2.45, 2.75) is 30.6 Å². The Labute approximate surface area is 203 Å². The number of pyridine rings is 2. The van der Waals surface area contributed by atoms with Crippen LogP contribution in [0.5, 0.6) is 0 Å². The Morgan fingerprint density at radius 1 is 1.09 bits per heavy atom. The maximum atomic E-state index is 13.4. The highest BCUT2D eigenvalue weighted by Gasteiger charge is 2.49. The van der Waals surface area contributed by atoms with Gasteiger partial charge in [-0.05, 0) is 71.1 Å². The fourth-order valence-electron chi connectivity index (χ4n) is 5.05. The summed E-state index contributed by atoms with van der Waals surface area (Å²) in [6.07, 6.45) is 7.67. The molecule has 1 saturated carbocycles. The Morgan fingerprint density at radius 3 is 2.48 bits per heavy atom. The minimum absolute atomic E-state index is 0.0881. The number of hydrogen-bond donors (Lipinski definition) is 1. The van der Waals surface area contributed by atoms with Crippen LogP contribution in [0.2, 0.25) is 0 Å². The number of ether oxygens (including phenoxy) is 1. The molecule has 2 saturated heterocycles. The number of halogens is 1. The molecule has 178 valence electrons. The van der Waals surface area contributed by atoms with E-state index >= 15 is 0 Å². The van der Waals surface area contributed by atoms with Crippen LogP contribution in [-0.4, -0.2) is 64.3 Å². The molecule has 10 heteroatoms. The molecule has 0 spiro atoms. The molecule has 0 unspecified atom stereocenters. The van der Waals surface area contributed by atoms with Crippen molar-refractivity contribution in [3.8, 4) is 0 Å². The van der Waals surface area contributed by atoms with E-state index < -0.39 is 10.0 Å². The molecule has 8 nitrogen and oxygen atoms in total. The van der Waals surface area contributed by atoms with Gasteiger partial charge in [0.25, 0.3) is 0 Å². The molecule has 2 aliphatic heterocycles. The lowest BCUT2D eigenvalue weighted by Crippen LogP contribution is -2.47. The Kier molecular flexibility index (Phi) is 6.61. The summed E-state index contributed by atoms with van der Waals surface area (Å²) in [5.74, 6) is 1.99. The zero-order valence-electron chi connectivity index (χ0n) is 18.6. The van der Waals surface area contributed by atoms with E-state index in [9.17, 15) is 8.42 Å². The molecule has 5 rings (SSSR count).